The molecule has 1 heterocycles. The molecule has 1 aliphatic rings. The van der Waals surface area contributed by atoms with E-state index in [0.717, 1.165) is 70.9 Å². The third kappa shape index (κ3) is 4.52. The Hall–Kier alpha value is -6.64. The summed E-state index contributed by atoms with van der Waals surface area (Å²) in [5.41, 5.74) is 13.6. The Balaban J connectivity index is 1.08. The first-order chi connectivity index (χ1) is 28.9. The molecule has 0 atom stereocenters. The molecular formula is C53H27B5O. The highest BCUT2D eigenvalue weighted by Crippen LogP contribution is 2.58. The predicted octanol–water partition coefficient (Wildman–Crippen LogP) is 8.15. The lowest BCUT2D eigenvalue weighted by Crippen LogP contribution is -2.55. The van der Waals surface area contributed by atoms with Crippen molar-refractivity contribution in [3.05, 3.63) is 186 Å². The van der Waals surface area contributed by atoms with Gasteiger partial charge in [0.25, 0.3) is 0 Å². The van der Waals surface area contributed by atoms with Crippen LogP contribution in [0.1, 0.15) is 22.3 Å². The van der Waals surface area contributed by atoms with E-state index in [1.54, 1.807) is 0 Å². The van der Waals surface area contributed by atoms with Gasteiger partial charge in [0.15, 0.2) is 0 Å². The molecule has 6 heteroatoms. The van der Waals surface area contributed by atoms with Gasteiger partial charge in [-0.3, -0.25) is 0 Å². The van der Waals surface area contributed by atoms with Gasteiger partial charge in [-0.2, -0.15) is 0 Å². The average Bonchev–Trinajstić information content (AvgIpc) is 3.81. The van der Waals surface area contributed by atoms with Crippen LogP contribution in [0.5, 0.6) is 0 Å². The topological polar surface area (TPSA) is 13.1 Å². The summed E-state index contributed by atoms with van der Waals surface area (Å²) in [5, 5.41) is 8.88. The summed E-state index contributed by atoms with van der Waals surface area (Å²) >= 11 is 0. The zero-order chi connectivity index (χ0) is 39.7. The molecule has 1 aliphatic carbocycles. The van der Waals surface area contributed by atoms with E-state index in [0.29, 0.717) is 16.5 Å². The zero-order valence-corrected chi connectivity index (χ0v) is 31.9. The highest BCUT2D eigenvalue weighted by molar-refractivity contribution is 6.69. The smallest absolute Gasteiger partial charge is 0.136 e. The maximum atomic E-state index is 6.82. The minimum Gasteiger partial charge on any atom is -0.456 e. The van der Waals surface area contributed by atoms with Crippen LogP contribution in [-0.2, 0) is 5.41 Å². The van der Waals surface area contributed by atoms with Crippen molar-refractivity contribution in [3.63, 3.8) is 0 Å². The van der Waals surface area contributed by atoms with Crippen molar-refractivity contribution in [1.29, 1.82) is 0 Å². The van der Waals surface area contributed by atoms with E-state index in [-0.39, 0.29) is 16.4 Å². The van der Waals surface area contributed by atoms with Crippen molar-refractivity contribution in [2.24, 2.45) is 0 Å². The van der Waals surface area contributed by atoms with Gasteiger partial charge in [-0.15, -0.1) is 16.4 Å². The third-order valence-electron chi connectivity index (χ3n) is 13.0. The second-order valence-corrected chi connectivity index (χ2v) is 15.8. The van der Waals surface area contributed by atoms with E-state index in [1.165, 1.54) is 33.4 Å². The lowest BCUT2D eigenvalue weighted by atomic mass is 9.59. The summed E-state index contributed by atoms with van der Waals surface area (Å²) in [4.78, 5) is 0. The maximum Gasteiger partial charge on any atom is 0.136 e. The van der Waals surface area contributed by atoms with E-state index in [2.05, 4.69) is 158 Å². The lowest BCUT2D eigenvalue weighted by molar-refractivity contribution is 0.668. The second-order valence-electron chi connectivity index (χ2n) is 15.8. The first-order valence-corrected chi connectivity index (χ1v) is 19.8. The molecule has 0 spiro atoms. The van der Waals surface area contributed by atoms with Gasteiger partial charge >= 0.3 is 0 Å². The van der Waals surface area contributed by atoms with Gasteiger partial charge in [0.2, 0.25) is 0 Å². The van der Waals surface area contributed by atoms with Crippen LogP contribution in [0.25, 0.3) is 87.6 Å². The fourth-order valence-corrected chi connectivity index (χ4v) is 10.4. The number of fused-ring (bicyclic) bond motifs is 7. The van der Waals surface area contributed by atoms with E-state index in [4.69, 9.17) is 43.6 Å². The minimum atomic E-state index is -0.488. The third-order valence-corrected chi connectivity index (χ3v) is 13.0. The molecule has 0 aliphatic heterocycles. The SMILES string of the molecule is [B]c1c([B])c([B])c(-c2ccc3ccc4c(-c5ccc6c(c5)oc5ccc7c(c56)-c5ccccc5C7(c5ccccc5)c5ccccc5)ccc5ccc2c3c54)c([B])c1[B]. The van der Waals surface area contributed by atoms with Crippen molar-refractivity contribution in [1.82, 2.24) is 0 Å². The Bertz CT molecular complexity index is 3480. The molecule has 0 N–H and O–H groups in total. The first kappa shape index (κ1) is 34.4. The second kappa shape index (κ2) is 12.4. The molecule has 0 saturated heterocycles. The van der Waals surface area contributed by atoms with Crippen LogP contribution in [0, 0.1) is 0 Å². The summed E-state index contributed by atoms with van der Waals surface area (Å²) < 4.78 is 6.82. The molecule has 10 aromatic carbocycles. The molecule has 0 unspecified atom stereocenters. The summed E-state index contributed by atoms with van der Waals surface area (Å²) in [6.07, 6.45) is 0. The average molecular weight is 734 g/mol. The van der Waals surface area contributed by atoms with Gasteiger partial charge in [0, 0.05) is 10.8 Å². The Morgan fingerprint density at radius 3 is 1.56 bits per heavy atom. The molecule has 59 heavy (non-hydrogen) atoms. The minimum absolute atomic E-state index is 0.203. The molecule has 1 aromatic heterocycles. The number of benzene rings is 10. The van der Waals surface area contributed by atoms with Crippen molar-refractivity contribution in [3.8, 4) is 33.4 Å². The Kier molecular flexibility index (Phi) is 7.25. The van der Waals surface area contributed by atoms with Crippen molar-refractivity contribution in [2.45, 2.75) is 5.41 Å². The molecule has 0 bridgehead atoms. The van der Waals surface area contributed by atoms with E-state index in [1.807, 2.05) is 6.07 Å². The molecule has 11 aromatic rings. The molecule has 12 rings (SSSR count). The number of hydrogen-bond acceptors (Lipinski definition) is 1. The van der Waals surface area contributed by atoms with Gasteiger partial charge in [0.1, 0.15) is 50.4 Å². The van der Waals surface area contributed by atoms with Crippen LogP contribution >= 0.6 is 0 Å². The molecule has 1 nitrogen and oxygen atoms in total. The predicted molar refractivity (Wildman–Crippen MR) is 253 cm³/mol. The normalized spacial score (nSPS) is 13.2. The van der Waals surface area contributed by atoms with E-state index >= 15 is 0 Å². The van der Waals surface area contributed by atoms with Crippen LogP contribution in [-0.4, -0.2) is 39.2 Å². The highest BCUT2D eigenvalue weighted by atomic mass is 16.3. The maximum absolute atomic E-state index is 6.82. The van der Waals surface area contributed by atoms with Crippen molar-refractivity contribution < 1.29 is 4.42 Å². The monoisotopic (exact) mass is 734 g/mol. The highest BCUT2D eigenvalue weighted by Gasteiger charge is 2.47. The number of furan rings is 1. The van der Waals surface area contributed by atoms with Crippen LogP contribution in [0.15, 0.2) is 168 Å². The number of rotatable bonds is 4. The van der Waals surface area contributed by atoms with E-state index < -0.39 is 5.41 Å². The van der Waals surface area contributed by atoms with Crippen LogP contribution < -0.4 is 27.3 Å². The molecule has 0 amide bonds. The van der Waals surface area contributed by atoms with Crippen LogP contribution in [0.2, 0.25) is 0 Å². The Morgan fingerprint density at radius 1 is 0.356 bits per heavy atom. The standard InChI is InChI=1S/C53H27B5O/c54-48-47(49(55)51(57)52(58)50(48)56)36-23-18-29-16-21-34-33(20-15-28-17-22-35(36)44(29)43(28)34)30-19-24-38-42(27-30)59-41-26-25-40-45(46(38)41)37-13-7-8-14-39(37)53(40,31-9-3-1-4-10-31)32-11-5-2-6-12-32/h1-27H. The van der Waals surface area contributed by atoms with Gasteiger partial charge in [0.05, 0.1) is 5.41 Å². The number of hydrogen-bond donors (Lipinski definition) is 0. The molecule has 0 fully saturated rings. The Labute approximate surface area is 348 Å². The lowest BCUT2D eigenvalue weighted by Gasteiger charge is -2.33. The molecular weight excluding hydrogens is 707 g/mol. The van der Waals surface area contributed by atoms with Crippen molar-refractivity contribution >= 4 is 121 Å². The zero-order valence-electron chi connectivity index (χ0n) is 31.9. The molecule has 10 radical (unpaired) electrons. The largest absolute Gasteiger partial charge is 0.456 e. The Morgan fingerprint density at radius 2 is 0.898 bits per heavy atom. The van der Waals surface area contributed by atoms with Gasteiger partial charge < -0.3 is 4.42 Å². The van der Waals surface area contributed by atoms with Crippen LogP contribution in [0.3, 0.4) is 0 Å². The quantitative estimate of drug-likeness (QED) is 0.132. The summed E-state index contributed by atoms with van der Waals surface area (Å²) in [6, 6.07) is 59.0. The van der Waals surface area contributed by atoms with Crippen LogP contribution in [0.4, 0.5) is 0 Å². The molecule has 260 valence electrons. The van der Waals surface area contributed by atoms with Gasteiger partial charge in [-0.1, -0.05) is 157 Å². The fraction of sp³-hybridized carbons (Fsp3) is 0.0189. The van der Waals surface area contributed by atoms with Crippen molar-refractivity contribution in [2.75, 3.05) is 0 Å². The summed E-state index contributed by atoms with van der Waals surface area (Å²) in [7, 11) is 32.1. The van der Waals surface area contributed by atoms with Gasteiger partial charge in [-0.05, 0) is 106 Å². The van der Waals surface area contributed by atoms with E-state index in [9.17, 15) is 0 Å². The fourth-order valence-electron chi connectivity index (χ4n) is 10.4. The summed E-state index contributed by atoms with van der Waals surface area (Å²) in [5.74, 6) is 0. The molecule has 0 saturated carbocycles. The first-order valence-electron chi connectivity index (χ1n) is 19.8. The summed E-state index contributed by atoms with van der Waals surface area (Å²) in [6.45, 7) is 0. The van der Waals surface area contributed by atoms with Gasteiger partial charge in [-0.25, -0.2) is 0 Å².